The summed E-state index contributed by atoms with van der Waals surface area (Å²) in [6, 6.07) is 9.77. The van der Waals surface area contributed by atoms with E-state index in [1.54, 1.807) is 13.1 Å². The number of ether oxygens (including phenoxy) is 2. The second kappa shape index (κ2) is 12.3. The summed E-state index contributed by atoms with van der Waals surface area (Å²) in [6.45, 7) is 4.85. The second-order valence-electron chi connectivity index (χ2n) is 9.08. The zero-order chi connectivity index (χ0) is 25.7. The van der Waals surface area contributed by atoms with Gasteiger partial charge in [-0.25, -0.2) is 4.79 Å². The van der Waals surface area contributed by atoms with Gasteiger partial charge in [0.25, 0.3) is 5.91 Å². The fraction of sp³-hybridized carbons (Fsp3) is 0.462. The molecule has 1 unspecified atom stereocenters. The molecule has 0 aliphatic carbocycles. The number of urea groups is 1. The second-order valence-corrected chi connectivity index (χ2v) is 9.92. The van der Waals surface area contributed by atoms with E-state index in [2.05, 4.69) is 34.7 Å². The van der Waals surface area contributed by atoms with E-state index in [1.165, 1.54) is 0 Å². The van der Waals surface area contributed by atoms with Gasteiger partial charge < -0.3 is 29.9 Å². The summed E-state index contributed by atoms with van der Waals surface area (Å²) in [7, 11) is 3.64. The van der Waals surface area contributed by atoms with E-state index in [1.807, 2.05) is 17.0 Å². The summed E-state index contributed by atoms with van der Waals surface area (Å²) in [5.74, 6) is 0.123. The fourth-order valence-electron chi connectivity index (χ4n) is 4.73. The Morgan fingerprint density at radius 3 is 2.64 bits per heavy atom. The van der Waals surface area contributed by atoms with Gasteiger partial charge in [0.1, 0.15) is 0 Å². The Labute approximate surface area is 221 Å². The topological polar surface area (TPSA) is 83.1 Å². The monoisotopic (exact) mass is 534 g/mol. The first-order valence-corrected chi connectivity index (χ1v) is 12.8. The number of amides is 3. The van der Waals surface area contributed by atoms with Gasteiger partial charge in [0.05, 0.1) is 26.4 Å². The molecule has 2 aliphatic rings. The van der Waals surface area contributed by atoms with E-state index in [0.29, 0.717) is 56.1 Å². The van der Waals surface area contributed by atoms with Crippen LogP contribution in [0.25, 0.3) is 0 Å². The highest BCUT2D eigenvalue weighted by Crippen LogP contribution is 2.39. The number of likely N-dealkylation sites (N-methyl/N-ethyl adjacent to an activating group) is 1. The average molecular weight is 535 g/mol. The molecule has 8 nitrogen and oxygen atoms in total. The Balaban J connectivity index is 1.30. The van der Waals surface area contributed by atoms with Crippen LogP contribution in [0.2, 0.25) is 10.0 Å². The van der Waals surface area contributed by atoms with E-state index in [4.69, 9.17) is 32.7 Å². The van der Waals surface area contributed by atoms with Gasteiger partial charge >= 0.3 is 6.03 Å². The highest BCUT2D eigenvalue weighted by Gasteiger charge is 2.31. The van der Waals surface area contributed by atoms with Gasteiger partial charge in [-0.2, -0.15) is 0 Å². The van der Waals surface area contributed by atoms with Crippen molar-refractivity contribution in [2.75, 3.05) is 60.2 Å². The Morgan fingerprint density at radius 1 is 1.08 bits per heavy atom. The summed E-state index contributed by atoms with van der Waals surface area (Å²) in [5, 5.41) is 6.43. The van der Waals surface area contributed by atoms with Gasteiger partial charge in [-0.15, -0.1) is 0 Å². The number of carbonyl (C=O) groups is 2. The quantitative estimate of drug-likeness (QED) is 0.456. The molecule has 2 aromatic rings. The Hall–Kier alpha value is -2.36. The van der Waals surface area contributed by atoms with Crippen molar-refractivity contribution in [3.05, 3.63) is 68.2 Å². The molecule has 1 atom stereocenters. The SMILES string of the molecule is CNC(=O)NCCOCCOCCN1Cc2ccc(C3CN(C)Cc4c(Cl)cc(Cl)cc43)cc2C1=O. The summed E-state index contributed by atoms with van der Waals surface area (Å²) in [6.07, 6.45) is 0. The van der Waals surface area contributed by atoms with Crippen LogP contribution in [0, 0.1) is 0 Å². The molecule has 2 aromatic carbocycles. The summed E-state index contributed by atoms with van der Waals surface area (Å²) >= 11 is 12.8. The molecule has 0 saturated carbocycles. The molecular weight excluding hydrogens is 503 g/mol. The number of benzene rings is 2. The van der Waals surface area contributed by atoms with E-state index in [-0.39, 0.29) is 17.9 Å². The molecule has 3 amide bonds. The molecule has 4 rings (SSSR count). The van der Waals surface area contributed by atoms with Crippen molar-refractivity contribution in [1.82, 2.24) is 20.4 Å². The molecule has 0 fully saturated rings. The van der Waals surface area contributed by atoms with E-state index in [0.717, 1.165) is 40.9 Å². The van der Waals surface area contributed by atoms with Crippen LogP contribution in [0.4, 0.5) is 4.79 Å². The lowest BCUT2D eigenvalue weighted by Gasteiger charge is -2.33. The summed E-state index contributed by atoms with van der Waals surface area (Å²) in [4.78, 5) is 28.2. The first-order valence-electron chi connectivity index (χ1n) is 12.1. The minimum atomic E-state index is -0.233. The van der Waals surface area contributed by atoms with Crippen molar-refractivity contribution in [2.24, 2.45) is 0 Å². The lowest BCUT2D eigenvalue weighted by Crippen LogP contribution is -2.35. The van der Waals surface area contributed by atoms with Gasteiger partial charge in [0.2, 0.25) is 0 Å². The van der Waals surface area contributed by atoms with Crippen LogP contribution in [-0.2, 0) is 22.6 Å². The predicted molar refractivity (Wildman–Crippen MR) is 140 cm³/mol. The Kier molecular flexibility index (Phi) is 9.09. The van der Waals surface area contributed by atoms with Crippen molar-refractivity contribution < 1.29 is 19.1 Å². The van der Waals surface area contributed by atoms with Crippen molar-refractivity contribution in [3.8, 4) is 0 Å². The maximum atomic E-state index is 13.1. The number of carbonyl (C=O) groups excluding carboxylic acids is 2. The summed E-state index contributed by atoms with van der Waals surface area (Å²) < 4.78 is 11.1. The van der Waals surface area contributed by atoms with Crippen molar-refractivity contribution in [2.45, 2.75) is 19.0 Å². The lowest BCUT2D eigenvalue weighted by molar-refractivity contribution is 0.0378. The number of nitrogens with one attached hydrogen (secondary N) is 2. The number of nitrogens with zero attached hydrogens (tertiary/aromatic N) is 2. The molecule has 0 bridgehead atoms. The molecule has 36 heavy (non-hydrogen) atoms. The van der Waals surface area contributed by atoms with E-state index < -0.39 is 0 Å². The zero-order valence-electron chi connectivity index (χ0n) is 20.6. The molecule has 194 valence electrons. The molecule has 2 heterocycles. The van der Waals surface area contributed by atoms with Crippen molar-refractivity contribution >= 4 is 35.1 Å². The van der Waals surface area contributed by atoms with Crippen LogP contribution < -0.4 is 10.6 Å². The van der Waals surface area contributed by atoms with Crippen LogP contribution in [0.1, 0.15) is 38.5 Å². The van der Waals surface area contributed by atoms with Gasteiger partial charge in [-0.3, -0.25) is 4.79 Å². The fourth-order valence-corrected chi connectivity index (χ4v) is 5.30. The van der Waals surface area contributed by atoms with E-state index in [9.17, 15) is 9.59 Å². The molecule has 0 saturated heterocycles. The number of hydrogen-bond donors (Lipinski definition) is 2. The van der Waals surface area contributed by atoms with E-state index >= 15 is 0 Å². The minimum absolute atomic E-state index is 0.0282. The molecule has 0 aromatic heterocycles. The molecule has 0 radical (unpaired) electrons. The number of halogens is 2. The third-order valence-corrected chi connectivity index (χ3v) is 7.10. The first-order chi connectivity index (χ1) is 17.4. The van der Waals surface area contributed by atoms with Crippen LogP contribution in [-0.4, -0.2) is 81.9 Å². The lowest BCUT2D eigenvalue weighted by atomic mass is 9.84. The normalized spacial score (nSPS) is 17.2. The maximum Gasteiger partial charge on any atom is 0.314 e. The highest BCUT2D eigenvalue weighted by atomic mass is 35.5. The highest BCUT2D eigenvalue weighted by molar-refractivity contribution is 6.35. The molecule has 2 N–H and O–H groups in total. The zero-order valence-corrected chi connectivity index (χ0v) is 22.1. The van der Waals surface area contributed by atoms with Crippen LogP contribution in [0.5, 0.6) is 0 Å². The number of hydrogen-bond acceptors (Lipinski definition) is 5. The first kappa shape index (κ1) is 26.7. The Bertz CT molecular complexity index is 1110. The number of fused-ring (bicyclic) bond motifs is 2. The average Bonchev–Trinajstić information content (AvgIpc) is 3.17. The van der Waals surface area contributed by atoms with Crippen molar-refractivity contribution in [1.29, 1.82) is 0 Å². The van der Waals surface area contributed by atoms with Gasteiger partial charge in [0.15, 0.2) is 0 Å². The molecule has 0 spiro atoms. The number of rotatable bonds is 10. The maximum absolute atomic E-state index is 13.1. The van der Waals surface area contributed by atoms with Crippen molar-refractivity contribution in [3.63, 3.8) is 0 Å². The Morgan fingerprint density at radius 2 is 1.86 bits per heavy atom. The van der Waals surface area contributed by atoms with Crippen LogP contribution in [0.15, 0.2) is 30.3 Å². The van der Waals surface area contributed by atoms with Gasteiger partial charge in [-0.05, 0) is 47.5 Å². The summed E-state index contributed by atoms with van der Waals surface area (Å²) in [5.41, 5.74) is 5.10. The van der Waals surface area contributed by atoms with Crippen LogP contribution >= 0.6 is 23.2 Å². The molecular formula is C26H32Cl2N4O4. The third kappa shape index (κ3) is 6.30. The minimum Gasteiger partial charge on any atom is -0.377 e. The smallest absolute Gasteiger partial charge is 0.314 e. The van der Waals surface area contributed by atoms with Gasteiger partial charge in [-0.1, -0.05) is 35.3 Å². The largest absolute Gasteiger partial charge is 0.377 e. The molecule has 2 aliphatic heterocycles. The van der Waals surface area contributed by atoms with Gasteiger partial charge in [0, 0.05) is 61.3 Å². The third-order valence-electron chi connectivity index (χ3n) is 6.54. The molecule has 10 heteroatoms. The predicted octanol–water partition coefficient (Wildman–Crippen LogP) is 3.49. The standard InChI is InChI=1S/C26H32Cl2N4O4/c1-29-26(34)30-5-7-35-9-10-36-8-6-32-14-18-4-3-17(11-20(18)25(32)33)22-15-31(2)16-23-21(22)12-19(27)13-24(23)28/h3-4,11-13,22H,5-10,14-16H2,1-2H3,(H2,29,30,34). The van der Waals surface area contributed by atoms with Crippen LogP contribution in [0.3, 0.4) is 0 Å².